The highest BCUT2D eigenvalue weighted by Crippen LogP contribution is 2.37. The molecular weight excluding hydrogens is 338 g/mol. The zero-order chi connectivity index (χ0) is 17.2. The number of carbonyl (C=O) groups excluding carboxylic acids is 1. The summed E-state index contributed by atoms with van der Waals surface area (Å²) in [5.41, 5.74) is 2.55. The molecule has 4 rings (SSSR count). The number of nitrogens with zero attached hydrogens (tertiary/aromatic N) is 5. The Labute approximate surface area is 146 Å². The highest BCUT2D eigenvalue weighted by molar-refractivity contribution is 7.18. The first-order valence-electron chi connectivity index (χ1n) is 7.61. The fourth-order valence-electron chi connectivity index (χ4n) is 2.63. The molecular formula is C17H13N5O2S. The molecule has 0 saturated carbocycles. The van der Waals surface area contributed by atoms with Gasteiger partial charge in [-0.15, -0.1) is 11.3 Å². The van der Waals surface area contributed by atoms with Crippen LogP contribution in [0.25, 0.3) is 33.0 Å². The van der Waals surface area contributed by atoms with E-state index in [9.17, 15) is 9.90 Å². The predicted octanol–water partition coefficient (Wildman–Crippen LogP) is 2.91. The molecule has 4 aromatic heterocycles. The molecule has 0 fully saturated rings. The van der Waals surface area contributed by atoms with Gasteiger partial charge in [-0.25, -0.2) is 9.97 Å². The third kappa shape index (κ3) is 2.76. The number of aromatic nitrogens is 5. The van der Waals surface area contributed by atoms with E-state index < -0.39 is 0 Å². The molecule has 1 N–H and O–H groups in total. The van der Waals surface area contributed by atoms with Crippen LogP contribution in [0.3, 0.4) is 0 Å². The molecule has 4 heterocycles. The maximum atomic E-state index is 10.6. The van der Waals surface area contributed by atoms with Crippen molar-refractivity contribution in [2.75, 3.05) is 0 Å². The number of aldehydes is 1. The molecule has 124 valence electrons. The summed E-state index contributed by atoms with van der Waals surface area (Å²) in [7, 11) is 0. The van der Waals surface area contributed by atoms with Crippen molar-refractivity contribution in [2.45, 2.75) is 13.0 Å². The molecule has 0 bridgehead atoms. The first-order valence-corrected chi connectivity index (χ1v) is 8.49. The minimum atomic E-state index is -0.0738. The van der Waals surface area contributed by atoms with E-state index in [0.717, 1.165) is 17.4 Å². The number of aryl methyl sites for hydroxylation is 1. The van der Waals surface area contributed by atoms with E-state index >= 15 is 0 Å². The third-order valence-corrected chi connectivity index (χ3v) is 4.76. The van der Waals surface area contributed by atoms with Gasteiger partial charge in [0.05, 0.1) is 5.52 Å². The Kier molecular flexibility index (Phi) is 3.95. The molecule has 0 saturated heterocycles. The lowest BCUT2D eigenvalue weighted by Gasteiger charge is -2.06. The molecule has 0 aliphatic heterocycles. The summed E-state index contributed by atoms with van der Waals surface area (Å²) in [6.45, 7) is 0.488. The number of thiophene rings is 1. The molecule has 7 nitrogen and oxygen atoms in total. The Bertz CT molecular complexity index is 1040. The van der Waals surface area contributed by atoms with Crippen molar-refractivity contribution in [1.82, 2.24) is 24.5 Å². The van der Waals surface area contributed by atoms with Crippen LogP contribution in [0, 0.1) is 0 Å². The molecule has 0 atom stereocenters. The Morgan fingerprint density at radius 3 is 2.84 bits per heavy atom. The summed E-state index contributed by atoms with van der Waals surface area (Å²) in [6.07, 6.45) is 8.05. The average Bonchev–Trinajstić information content (AvgIpc) is 3.27. The molecule has 0 amide bonds. The number of pyridine rings is 1. The number of rotatable bonds is 5. The quantitative estimate of drug-likeness (QED) is 0.556. The van der Waals surface area contributed by atoms with E-state index in [4.69, 9.17) is 0 Å². The van der Waals surface area contributed by atoms with Gasteiger partial charge in [-0.3, -0.25) is 4.98 Å². The van der Waals surface area contributed by atoms with Gasteiger partial charge >= 0.3 is 0 Å². The van der Waals surface area contributed by atoms with Gasteiger partial charge in [0.25, 0.3) is 0 Å². The first-order chi connectivity index (χ1) is 12.3. The topological polar surface area (TPSA) is 93.8 Å². The number of fused-ring (bicyclic) bond motifs is 1. The van der Waals surface area contributed by atoms with Gasteiger partial charge in [-0.2, -0.15) is 4.98 Å². The van der Waals surface area contributed by atoms with E-state index in [2.05, 4.69) is 19.9 Å². The summed E-state index contributed by atoms with van der Waals surface area (Å²) in [4.78, 5) is 27.8. The van der Waals surface area contributed by atoms with Gasteiger partial charge in [0.2, 0.25) is 5.88 Å². The minimum absolute atomic E-state index is 0.0738. The second kappa shape index (κ2) is 6.40. The molecule has 0 spiro atoms. The fraction of sp³-hybridized carbons (Fsp3) is 0.118. The van der Waals surface area contributed by atoms with Gasteiger partial charge in [0.15, 0.2) is 11.6 Å². The minimum Gasteiger partial charge on any atom is -0.492 e. The zero-order valence-electron chi connectivity index (χ0n) is 13.0. The molecule has 0 aliphatic carbocycles. The summed E-state index contributed by atoms with van der Waals surface area (Å²) >= 11 is 1.39. The van der Waals surface area contributed by atoms with E-state index in [1.54, 1.807) is 29.4 Å². The van der Waals surface area contributed by atoms with E-state index in [-0.39, 0.29) is 5.88 Å². The van der Waals surface area contributed by atoms with Gasteiger partial charge in [0, 0.05) is 48.7 Å². The standard InChI is InChI=1S/C17H13N5O2S/c23-9-1-7-22-8-6-19-16(22)15-20-13-12(11-2-4-18-5-3-11)10-25-14(13)17(24)21-15/h2-6,8-10H,1,7H2,(H,20,21,24). The van der Waals surface area contributed by atoms with Crippen molar-refractivity contribution in [3.63, 3.8) is 0 Å². The number of imidazole rings is 1. The van der Waals surface area contributed by atoms with Crippen molar-refractivity contribution in [3.05, 3.63) is 42.3 Å². The molecule has 0 aromatic carbocycles. The lowest BCUT2D eigenvalue weighted by atomic mass is 10.1. The van der Waals surface area contributed by atoms with Crippen LogP contribution >= 0.6 is 11.3 Å². The fourth-order valence-corrected chi connectivity index (χ4v) is 3.53. The lowest BCUT2D eigenvalue weighted by molar-refractivity contribution is -0.108. The van der Waals surface area contributed by atoms with Gasteiger partial charge in [-0.05, 0) is 17.7 Å². The maximum absolute atomic E-state index is 10.6. The van der Waals surface area contributed by atoms with Crippen molar-refractivity contribution in [1.29, 1.82) is 0 Å². The van der Waals surface area contributed by atoms with Gasteiger partial charge in [0.1, 0.15) is 11.0 Å². The largest absolute Gasteiger partial charge is 0.492 e. The summed E-state index contributed by atoms with van der Waals surface area (Å²) in [5.74, 6) is 0.774. The Hall–Kier alpha value is -3.13. The van der Waals surface area contributed by atoms with Crippen LogP contribution in [0.2, 0.25) is 0 Å². The van der Waals surface area contributed by atoms with Gasteiger partial charge < -0.3 is 14.5 Å². The molecule has 25 heavy (non-hydrogen) atoms. The summed E-state index contributed by atoms with van der Waals surface area (Å²) < 4.78 is 2.43. The summed E-state index contributed by atoms with van der Waals surface area (Å²) in [5, 5.41) is 12.3. The molecule has 0 aliphatic rings. The van der Waals surface area contributed by atoms with Gasteiger partial charge in [-0.1, -0.05) is 0 Å². The van der Waals surface area contributed by atoms with Crippen LogP contribution in [0.1, 0.15) is 6.42 Å². The highest BCUT2D eigenvalue weighted by Gasteiger charge is 2.17. The number of aromatic hydroxyl groups is 1. The number of hydrogen-bond donors (Lipinski definition) is 1. The zero-order valence-corrected chi connectivity index (χ0v) is 13.8. The highest BCUT2D eigenvalue weighted by atomic mass is 32.1. The summed E-state index contributed by atoms with van der Waals surface area (Å²) in [6, 6.07) is 3.79. The van der Waals surface area contributed by atoms with E-state index in [1.807, 2.05) is 17.5 Å². The van der Waals surface area contributed by atoms with Crippen LogP contribution in [-0.4, -0.2) is 35.9 Å². The maximum Gasteiger partial charge on any atom is 0.233 e. The van der Waals surface area contributed by atoms with Crippen LogP contribution in [0.15, 0.2) is 42.3 Å². The molecule has 0 unspecified atom stereocenters. The first kappa shape index (κ1) is 15.4. The van der Waals surface area contributed by atoms with Crippen LogP contribution in [0.4, 0.5) is 0 Å². The van der Waals surface area contributed by atoms with Crippen molar-refractivity contribution in [3.8, 4) is 28.7 Å². The van der Waals surface area contributed by atoms with E-state index in [1.165, 1.54) is 11.3 Å². The Morgan fingerprint density at radius 1 is 1.20 bits per heavy atom. The lowest BCUT2D eigenvalue weighted by Crippen LogP contribution is -2.03. The van der Waals surface area contributed by atoms with E-state index in [0.29, 0.717) is 34.8 Å². The number of hydrogen-bond acceptors (Lipinski definition) is 7. The second-order valence-corrected chi connectivity index (χ2v) is 6.21. The second-order valence-electron chi connectivity index (χ2n) is 5.33. The SMILES string of the molecule is O=CCCn1ccnc1-c1nc(O)c2scc(-c3ccncc3)c2n1. The average molecular weight is 351 g/mol. The molecule has 4 aromatic rings. The Morgan fingerprint density at radius 2 is 2.04 bits per heavy atom. The van der Waals surface area contributed by atoms with Crippen molar-refractivity contribution < 1.29 is 9.90 Å². The van der Waals surface area contributed by atoms with Crippen molar-refractivity contribution in [2.24, 2.45) is 0 Å². The molecule has 0 radical (unpaired) electrons. The monoisotopic (exact) mass is 351 g/mol. The smallest absolute Gasteiger partial charge is 0.233 e. The molecule has 8 heteroatoms. The van der Waals surface area contributed by atoms with Crippen molar-refractivity contribution >= 4 is 27.8 Å². The van der Waals surface area contributed by atoms with Crippen LogP contribution < -0.4 is 0 Å². The normalized spacial score (nSPS) is 11.0. The predicted molar refractivity (Wildman–Crippen MR) is 94.2 cm³/mol. The van der Waals surface area contributed by atoms with Crippen LogP contribution in [0.5, 0.6) is 5.88 Å². The van der Waals surface area contributed by atoms with Crippen LogP contribution in [-0.2, 0) is 11.3 Å². The third-order valence-electron chi connectivity index (χ3n) is 3.79. The number of carbonyl (C=O) groups is 1. The Balaban J connectivity index is 1.87.